The Balaban J connectivity index is 3.15. The van der Waals surface area contributed by atoms with E-state index in [1.54, 1.807) is 0 Å². The number of nitrogens with zero attached hydrogens (tertiary/aromatic N) is 1. The fraction of sp³-hybridized carbons (Fsp3) is 1.00. The third-order valence-electron chi connectivity index (χ3n) is 1.22. The van der Waals surface area contributed by atoms with Crippen LogP contribution in [-0.2, 0) is 0 Å². The molecule has 0 radical (unpaired) electrons. The zero-order chi connectivity index (χ0) is 8.91. The first-order chi connectivity index (χ1) is 4.92. The van der Waals surface area contributed by atoms with Crippen LogP contribution in [-0.4, -0.2) is 36.2 Å². The predicted molar refractivity (Wildman–Crippen MR) is 53.9 cm³/mol. The van der Waals surface area contributed by atoms with Gasteiger partial charge in [-0.1, -0.05) is 0 Å². The molecule has 0 spiro atoms. The molecule has 0 saturated carbocycles. The van der Waals surface area contributed by atoms with Crippen molar-refractivity contribution in [3.63, 3.8) is 0 Å². The van der Waals surface area contributed by atoms with Crippen molar-refractivity contribution in [1.82, 2.24) is 4.90 Å². The van der Waals surface area contributed by atoms with E-state index in [1.807, 2.05) is 25.6 Å². The van der Waals surface area contributed by atoms with Crippen LogP contribution in [0.2, 0.25) is 0 Å². The van der Waals surface area contributed by atoms with Crippen molar-refractivity contribution in [2.24, 2.45) is 5.73 Å². The molecule has 0 bridgehead atoms. The molecule has 0 aromatic carbocycles. The van der Waals surface area contributed by atoms with Crippen molar-refractivity contribution in [2.45, 2.75) is 25.1 Å². The number of rotatable bonds is 5. The zero-order valence-electron chi connectivity index (χ0n) is 8.05. The van der Waals surface area contributed by atoms with E-state index in [0.717, 1.165) is 12.3 Å². The van der Waals surface area contributed by atoms with Gasteiger partial charge in [0.15, 0.2) is 0 Å². The van der Waals surface area contributed by atoms with Crippen LogP contribution in [0, 0.1) is 0 Å². The molecule has 3 heteroatoms. The minimum Gasteiger partial charge on any atom is -0.317 e. The second-order valence-corrected chi connectivity index (χ2v) is 5.36. The summed E-state index contributed by atoms with van der Waals surface area (Å²) in [5.74, 6) is 1.15. The first kappa shape index (κ1) is 11.3. The Labute approximate surface area is 74.5 Å². The lowest BCUT2D eigenvalue weighted by Gasteiger charge is -2.18. The van der Waals surface area contributed by atoms with Crippen molar-refractivity contribution in [1.29, 1.82) is 0 Å². The molecule has 0 aromatic rings. The van der Waals surface area contributed by atoms with Gasteiger partial charge in [0.05, 0.1) is 4.87 Å². The summed E-state index contributed by atoms with van der Waals surface area (Å²) in [6.45, 7) is 5.25. The maximum Gasteiger partial charge on any atom is 0.0563 e. The highest BCUT2D eigenvalue weighted by molar-refractivity contribution is 8.00. The Hall–Kier alpha value is 0.270. The minimum atomic E-state index is -0.0632. The van der Waals surface area contributed by atoms with Crippen LogP contribution in [0.5, 0.6) is 0 Å². The van der Waals surface area contributed by atoms with Crippen LogP contribution in [0.1, 0.15) is 20.3 Å². The highest BCUT2D eigenvalue weighted by atomic mass is 32.2. The lowest BCUT2D eigenvalue weighted by atomic mass is 10.4. The van der Waals surface area contributed by atoms with Crippen molar-refractivity contribution in [3.05, 3.63) is 0 Å². The molecule has 0 rings (SSSR count). The van der Waals surface area contributed by atoms with Crippen LogP contribution < -0.4 is 5.73 Å². The monoisotopic (exact) mass is 176 g/mol. The summed E-state index contributed by atoms with van der Waals surface area (Å²) < 4.78 is 0. The first-order valence-electron chi connectivity index (χ1n) is 3.99. The van der Waals surface area contributed by atoms with Gasteiger partial charge >= 0.3 is 0 Å². The van der Waals surface area contributed by atoms with Crippen LogP contribution in [0.4, 0.5) is 0 Å². The quantitative estimate of drug-likeness (QED) is 0.507. The van der Waals surface area contributed by atoms with Gasteiger partial charge in [-0.3, -0.25) is 0 Å². The molecule has 0 aromatic heterocycles. The molecular weight excluding hydrogens is 156 g/mol. The van der Waals surface area contributed by atoms with E-state index >= 15 is 0 Å². The number of hydrogen-bond acceptors (Lipinski definition) is 3. The highest BCUT2D eigenvalue weighted by Gasteiger charge is 2.09. The van der Waals surface area contributed by atoms with E-state index < -0.39 is 0 Å². The molecule has 0 unspecified atom stereocenters. The van der Waals surface area contributed by atoms with E-state index in [2.05, 4.69) is 19.0 Å². The molecular formula is C8H20N2S. The Morgan fingerprint density at radius 2 is 1.91 bits per heavy atom. The highest BCUT2D eigenvalue weighted by Crippen LogP contribution is 2.17. The molecule has 68 valence electrons. The molecule has 0 aliphatic heterocycles. The van der Waals surface area contributed by atoms with Gasteiger partial charge in [0.25, 0.3) is 0 Å². The fourth-order valence-corrected chi connectivity index (χ4v) is 1.52. The van der Waals surface area contributed by atoms with Gasteiger partial charge in [-0.25, -0.2) is 0 Å². The minimum absolute atomic E-state index is 0.0632. The van der Waals surface area contributed by atoms with Crippen LogP contribution in [0.15, 0.2) is 0 Å². The normalized spacial score (nSPS) is 12.5. The number of nitrogens with two attached hydrogens (primary N) is 1. The van der Waals surface area contributed by atoms with E-state index in [9.17, 15) is 0 Å². The third kappa shape index (κ3) is 10.3. The molecule has 0 atom stereocenters. The summed E-state index contributed by atoms with van der Waals surface area (Å²) >= 11 is 1.83. The summed E-state index contributed by atoms with van der Waals surface area (Å²) in [4.78, 5) is 2.14. The lowest BCUT2D eigenvalue weighted by molar-refractivity contribution is 0.410. The van der Waals surface area contributed by atoms with Gasteiger partial charge in [0, 0.05) is 0 Å². The Kier molecular flexibility index (Phi) is 5.13. The van der Waals surface area contributed by atoms with Gasteiger partial charge < -0.3 is 10.6 Å². The molecule has 2 nitrogen and oxygen atoms in total. The number of hydrogen-bond donors (Lipinski definition) is 1. The third-order valence-corrected chi connectivity index (χ3v) is 2.46. The van der Waals surface area contributed by atoms with Crippen molar-refractivity contribution >= 4 is 11.8 Å². The van der Waals surface area contributed by atoms with E-state index in [-0.39, 0.29) is 4.87 Å². The molecule has 0 aliphatic rings. The van der Waals surface area contributed by atoms with E-state index in [4.69, 9.17) is 5.73 Å². The summed E-state index contributed by atoms with van der Waals surface area (Å²) in [7, 11) is 4.19. The number of thioether (sulfide) groups is 1. The van der Waals surface area contributed by atoms with Gasteiger partial charge in [0.2, 0.25) is 0 Å². The molecule has 0 fully saturated rings. The van der Waals surface area contributed by atoms with Crippen LogP contribution in [0.3, 0.4) is 0 Å². The maximum absolute atomic E-state index is 5.80. The summed E-state index contributed by atoms with van der Waals surface area (Å²) in [5, 5.41) is 0. The molecule has 2 N–H and O–H groups in total. The Bertz CT molecular complexity index is 96.8. The van der Waals surface area contributed by atoms with Crippen LogP contribution in [0.25, 0.3) is 0 Å². The van der Waals surface area contributed by atoms with Gasteiger partial charge in [-0.2, -0.15) is 0 Å². The standard InChI is InChI=1S/C8H20N2S/c1-8(2,9)11-7-5-6-10(3)4/h5-7,9H2,1-4H3. The molecule has 11 heavy (non-hydrogen) atoms. The molecule has 0 saturated heterocycles. The maximum atomic E-state index is 5.80. The van der Waals surface area contributed by atoms with Crippen molar-refractivity contribution in [3.8, 4) is 0 Å². The van der Waals surface area contributed by atoms with Gasteiger partial charge in [0.1, 0.15) is 0 Å². The van der Waals surface area contributed by atoms with Crippen molar-refractivity contribution < 1.29 is 0 Å². The summed E-state index contributed by atoms with van der Waals surface area (Å²) in [6, 6.07) is 0. The molecule has 0 heterocycles. The fourth-order valence-electron chi connectivity index (χ4n) is 0.716. The lowest BCUT2D eigenvalue weighted by Crippen LogP contribution is -2.28. The zero-order valence-corrected chi connectivity index (χ0v) is 8.87. The summed E-state index contributed by atoms with van der Waals surface area (Å²) in [5.41, 5.74) is 5.80. The van der Waals surface area contributed by atoms with E-state index in [1.165, 1.54) is 6.42 Å². The Morgan fingerprint density at radius 3 is 2.27 bits per heavy atom. The van der Waals surface area contributed by atoms with Gasteiger partial charge in [-0.05, 0) is 46.7 Å². The Morgan fingerprint density at radius 1 is 1.36 bits per heavy atom. The smallest absolute Gasteiger partial charge is 0.0563 e. The average Bonchev–Trinajstić information content (AvgIpc) is 1.78. The summed E-state index contributed by atoms with van der Waals surface area (Å²) in [6.07, 6.45) is 1.22. The molecule has 0 amide bonds. The van der Waals surface area contributed by atoms with Crippen molar-refractivity contribution in [2.75, 3.05) is 26.4 Å². The van der Waals surface area contributed by atoms with Crippen LogP contribution >= 0.6 is 11.8 Å². The average molecular weight is 176 g/mol. The first-order valence-corrected chi connectivity index (χ1v) is 4.98. The topological polar surface area (TPSA) is 29.3 Å². The van der Waals surface area contributed by atoms with Gasteiger partial charge in [-0.15, -0.1) is 11.8 Å². The SMILES string of the molecule is CN(C)CCCSC(C)(C)N. The molecule has 0 aliphatic carbocycles. The largest absolute Gasteiger partial charge is 0.317 e. The second-order valence-electron chi connectivity index (χ2n) is 3.61. The second kappa shape index (κ2) is 5.01. The van der Waals surface area contributed by atoms with E-state index in [0.29, 0.717) is 0 Å². The predicted octanol–water partition coefficient (Wildman–Crippen LogP) is 1.37.